The van der Waals surface area contributed by atoms with Crippen molar-refractivity contribution in [1.29, 1.82) is 0 Å². The van der Waals surface area contributed by atoms with Gasteiger partial charge in [0.1, 0.15) is 10.6 Å². The van der Waals surface area contributed by atoms with Gasteiger partial charge < -0.3 is 5.32 Å². The number of thiophene rings is 1. The van der Waals surface area contributed by atoms with E-state index in [4.69, 9.17) is 11.6 Å². The molecule has 0 spiro atoms. The summed E-state index contributed by atoms with van der Waals surface area (Å²) in [5, 5.41) is 4.85. The number of aromatic nitrogens is 2. The molecule has 0 aromatic carbocycles. The maximum atomic E-state index is 5.92. The van der Waals surface area contributed by atoms with Crippen LogP contribution in [-0.4, -0.2) is 16.0 Å². The summed E-state index contributed by atoms with van der Waals surface area (Å²) in [5.41, 5.74) is 0. The lowest BCUT2D eigenvalue weighted by molar-refractivity contribution is 0.924. The molecule has 0 aliphatic heterocycles. The maximum absolute atomic E-state index is 5.92. The van der Waals surface area contributed by atoms with Crippen molar-refractivity contribution >= 4 is 39.0 Å². The quantitative estimate of drug-likeness (QED) is 0.833. The van der Waals surface area contributed by atoms with Gasteiger partial charge in [0.2, 0.25) is 5.28 Å². The zero-order chi connectivity index (χ0) is 11.3. The van der Waals surface area contributed by atoms with E-state index in [0.29, 0.717) is 11.3 Å². The molecule has 84 valence electrons. The van der Waals surface area contributed by atoms with Crippen molar-refractivity contribution in [2.24, 2.45) is 5.92 Å². The minimum atomic E-state index is 0.324. The average Bonchev–Trinajstić information content (AvgIpc) is 2.73. The van der Waals surface area contributed by atoms with Gasteiger partial charge in [0.05, 0.1) is 5.39 Å². The SMILES string of the molecule is Cc1cc2c(NC3CC3C)nc(Cl)nc2s1. The molecule has 1 saturated carbocycles. The predicted octanol–water partition coefficient (Wildman–Crippen LogP) is 3.47. The summed E-state index contributed by atoms with van der Waals surface area (Å²) in [6.45, 7) is 4.31. The maximum Gasteiger partial charge on any atom is 0.225 e. The van der Waals surface area contributed by atoms with Crippen LogP contribution in [0, 0.1) is 12.8 Å². The summed E-state index contributed by atoms with van der Waals surface area (Å²) in [4.78, 5) is 10.7. The van der Waals surface area contributed by atoms with Crippen LogP contribution in [0.5, 0.6) is 0 Å². The Morgan fingerprint density at radius 2 is 2.25 bits per heavy atom. The van der Waals surface area contributed by atoms with Gasteiger partial charge in [-0.1, -0.05) is 6.92 Å². The fourth-order valence-corrected chi connectivity index (χ4v) is 2.92. The van der Waals surface area contributed by atoms with Crippen LogP contribution in [-0.2, 0) is 0 Å². The van der Waals surface area contributed by atoms with E-state index in [1.54, 1.807) is 11.3 Å². The summed E-state index contributed by atoms with van der Waals surface area (Å²) < 4.78 is 0. The highest BCUT2D eigenvalue weighted by Gasteiger charge is 2.33. The lowest BCUT2D eigenvalue weighted by Crippen LogP contribution is -2.06. The number of fused-ring (bicyclic) bond motifs is 1. The van der Waals surface area contributed by atoms with Crippen molar-refractivity contribution in [3.05, 3.63) is 16.2 Å². The molecule has 0 amide bonds. The summed E-state index contributed by atoms with van der Waals surface area (Å²) in [5.74, 6) is 1.62. The average molecular weight is 254 g/mol. The summed E-state index contributed by atoms with van der Waals surface area (Å²) >= 11 is 7.57. The topological polar surface area (TPSA) is 37.8 Å². The number of halogens is 1. The smallest absolute Gasteiger partial charge is 0.225 e. The molecule has 1 N–H and O–H groups in total. The molecule has 2 atom stereocenters. The minimum absolute atomic E-state index is 0.324. The van der Waals surface area contributed by atoms with Crippen molar-refractivity contribution in [3.63, 3.8) is 0 Å². The Kier molecular flexibility index (Phi) is 2.30. The molecule has 3 nitrogen and oxygen atoms in total. The van der Waals surface area contributed by atoms with Gasteiger partial charge >= 0.3 is 0 Å². The van der Waals surface area contributed by atoms with E-state index in [9.17, 15) is 0 Å². The van der Waals surface area contributed by atoms with Gasteiger partial charge in [-0.3, -0.25) is 0 Å². The first kappa shape index (κ1) is 10.3. The zero-order valence-corrected chi connectivity index (χ0v) is 10.7. The first-order valence-corrected chi connectivity index (χ1v) is 6.53. The molecule has 2 aromatic heterocycles. The van der Waals surface area contributed by atoms with Gasteiger partial charge in [0, 0.05) is 10.9 Å². The summed E-state index contributed by atoms with van der Waals surface area (Å²) in [6, 6.07) is 2.67. The molecule has 0 bridgehead atoms. The third-order valence-corrected chi connectivity index (χ3v) is 4.03. The molecule has 1 aliphatic carbocycles. The zero-order valence-electron chi connectivity index (χ0n) is 9.12. The molecule has 0 radical (unpaired) electrons. The van der Waals surface area contributed by atoms with Crippen molar-refractivity contribution in [1.82, 2.24) is 9.97 Å². The highest BCUT2D eigenvalue weighted by Crippen LogP contribution is 2.36. The van der Waals surface area contributed by atoms with E-state index < -0.39 is 0 Å². The second-order valence-electron chi connectivity index (χ2n) is 4.38. The lowest BCUT2D eigenvalue weighted by atomic mass is 10.3. The number of hydrogen-bond acceptors (Lipinski definition) is 4. The van der Waals surface area contributed by atoms with E-state index in [1.165, 1.54) is 11.3 Å². The summed E-state index contributed by atoms with van der Waals surface area (Å²) in [7, 11) is 0. The van der Waals surface area contributed by atoms with Gasteiger partial charge in [0.15, 0.2) is 0 Å². The number of aryl methyl sites for hydroxylation is 1. The molecule has 5 heteroatoms. The molecule has 2 unspecified atom stereocenters. The third kappa shape index (κ3) is 1.76. The number of hydrogen-bond donors (Lipinski definition) is 1. The van der Waals surface area contributed by atoms with E-state index in [1.807, 2.05) is 0 Å². The second-order valence-corrected chi connectivity index (χ2v) is 5.95. The second kappa shape index (κ2) is 3.57. The molecule has 2 aromatic rings. The monoisotopic (exact) mass is 253 g/mol. The number of anilines is 1. The lowest BCUT2D eigenvalue weighted by Gasteiger charge is -2.05. The van der Waals surface area contributed by atoms with Gasteiger partial charge in [-0.05, 0) is 36.9 Å². The Hall–Kier alpha value is -0.870. The van der Waals surface area contributed by atoms with Crippen LogP contribution in [0.25, 0.3) is 10.2 Å². The Labute approximate surface area is 103 Å². The first-order valence-electron chi connectivity index (χ1n) is 5.33. The van der Waals surface area contributed by atoms with Crippen molar-refractivity contribution in [2.45, 2.75) is 26.3 Å². The van der Waals surface area contributed by atoms with Crippen LogP contribution < -0.4 is 5.32 Å². The molecule has 2 heterocycles. The van der Waals surface area contributed by atoms with Crippen LogP contribution in [0.2, 0.25) is 5.28 Å². The summed E-state index contributed by atoms with van der Waals surface area (Å²) in [6.07, 6.45) is 1.21. The van der Waals surface area contributed by atoms with E-state index >= 15 is 0 Å². The molecule has 0 saturated heterocycles. The first-order chi connectivity index (χ1) is 7.63. The van der Waals surface area contributed by atoms with Gasteiger partial charge in [-0.15, -0.1) is 11.3 Å². The van der Waals surface area contributed by atoms with Gasteiger partial charge in [-0.2, -0.15) is 0 Å². The standard InChI is InChI=1S/C11H12ClN3S/c1-5-3-8(5)13-9-7-4-6(2)16-10(7)15-11(12)14-9/h4-5,8H,3H2,1-2H3,(H,13,14,15). The number of nitrogens with one attached hydrogen (secondary N) is 1. The van der Waals surface area contributed by atoms with Crippen LogP contribution >= 0.6 is 22.9 Å². The Morgan fingerprint density at radius 1 is 1.50 bits per heavy atom. The Balaban J connectivity index is 2.06. The molecular weight excluding hydrogens is 242 g/mol. The van der Waals surface area contributed by atoms with Crippen molar-refractivity contribution in [2.75, 3.05) is 5.32 Å². The molecule has 16 heavy (non-hydrogen) atoms. The van der Waals surface area contributed by atoms with Crippen LogP contribution in [0.3, 0.4) is 0 Å². The fraction of sp³-hybridized carbons (Fsp3) is 0.455. The Morgan fingerprint density at radius 3 is 2.94 bits per heavy atom. The molecule has 1 fully saturated rings. The van der Waals surface area contributed by atoms with Crippen molar-refractivity contribution < 1.29 is 0 Å². The van der Waals surface area contributed by atoms with Crippen LogP contribution in [0.4, 0.5) is 5.82 Å². The third-order valence-electron chi connectivity index (χ3n) is 2.92. The fourth-order valence-electron chi connectivity index (χ4n) is 1.82. The van der Waals surface area contributed by atoms with Gasteiger partial charge in [-0.25, -0.2) is 9.97 Å². The predicted molar refractivity (Wildman–Crippen MR) is 68.4 cm³/mol. The molecule has 3 rings (SSSR count). The number of rotatable bonds is 2. The number of nitrogens with zero attached hydrogens (tertiary/aromatic N) is 2. The largest absolute Gasteiger partial charge is 0.366 e. The normalized spacial score (nSPS) is 23.7. The van der Waals surface area contributed by atoms with Crippen LogP contribution in [0.15, 0.2) is 6.07 Å². The van der Waals surface area contributed by atoms with E-state index in [2.05, 4.69) is 35.2 Å². The highest BCUT2D eigenvalue weighted by molar-refractivity contribution is 7.18. The van der Waals surface area contributed by atoms with Gasteiger partial charge in [0.25, 0.3) is 0 Å². The van der Waals surface area contributed by atoms with E-state index in [0.717, 1.165) is 22.0 Å². The van der Waals surface area contributed by atoms with Crippen molar-refractivity contribution in [3.8, 4) is 0 Å². The van der Waals surface area contributed by atoms with E-state index in [-0.39, 0.29) is 0 Å². The molecule has 1 aliphatic rings. The minimum Gasteiger partial charge on any atom is -0.366 e. The van der Waals surface area contributed by atoms with Crippen LogP contribution in [0.1, 0.15) is 18.2 Å². The Bertz CT molecular complexity index is 551. The molecular formula is C11H12ClN3S. The highest BCUT2D eigenvalue weighted by atomic mass is 35.5.